The van der Waals surface area contributed by atoms with Crippen LogP contribution in [0.2, 0.25) is 0 Å². The van der Waals surface area contributed by atoms with Crippen molar-refractivity contribution in [1.29, 1.82) is 0 Å². The molecule has 2 aliphatic rings. The van der Waals surface area contributed by atoms with Crippen LogP contribution in [-0.4, -0.2) is 49.7 Å². The summed E-state index contributed by atoms with van der Waals surface area (Å²) in [6.45, 7) is 2.37. The average molecular weight is 481 g/mol. The zero-order chi connectivity index (χ0) is 24.1. The number of carbonyl (C=O) groups excluding carboxylic acids is 1. The summed E-state index contributed by atoms with van der Waals surface area (Å²) in [5.74, 6) is -3.30. The molecule has 0 atom stereocenters. The maximum Gasteiger partial charge on any atom is 0.251 e. The maximum atomic E-state index is 13.7. The first-order chi connectivity index (χ1) is 16.3. The molecule has 0 spiro atoms. The second kappa shape index (κ2) is 10.6. The lowest BCUT2D eigenvalue weighted by molar-refractivity contribution is -0.115. The van der Waals surface area contributed by atoms with Gasteiger partial charge in [-0.2, -0.15) is 0 Å². The minimum atomic E-state index is -2.72. The molecule has 0 saturated carbocycles. The molecule has 1 aromatic heterocycles. The number of aromatic nitrogens is 1. The molecule has 0 aliphatic carbocycles. The number of hydrogen-bond donors (Lipinski definition) is 2. The number of alkyl halides is 2. The minimum absolute atomic E-state index is 0.0986. The van der Waals surface area contributed by atoms with Crippen LogP contribution in [0.4, 0.5) is 34.9 Å². The van der Waals surface area contributed by atoms with Crippen molar-refractivity contribution in [3.05, 3.63) is 47.5 Å². The summed E-state index contributed by atoms with van der Waals surface area (Å²) < 4.78 is 59.7. The highest BCUT2D eigenvalue weighted by molar-refractivity contribution is 5.95. The number of nitrogens with one attached hydrogen (secondary N) is 2. The van der Waals surface area contributed by atoms with Gasteiger partial charge in [-0.05, 0) is 48.6 Å². The van der Waals surface area contributed by atoms with E-state index in [4.69, 9.17) is 4.74 Å². The Morgan fingerprint density at radius 2 is 1.76 bits per heavy atom. The summed E-state index contributed by atoms with van der Waals surface area (Å²) in [7, 11) is 0. The van der Waals surface area contributed by atoms with Gasteiger partial charge in [0.2, 0.25) is 5.91 Å². The van der Waals surface area contributed by atoms with Gasteiger partial charge in [-0.25, -0.2) is 22.5 Å². The van der Waals surface area contributed by atoms with E-state index in [1.165, 1.54) is 0 Å². The SMILES string of the molecule is O=C(Cc1cc(F)cc(F)c1)Nc1ccc(NCC2CCOCC2)nc1N1CCC(F)(F)CC1. The fourth-order valence-corrected chi connectivity index (χ4v) is 4.22. The molecule has 2 saturated heterocycles. The predicted octanol–water partition coefficient (Wildman–Crippen LogP) is 4.62. The number of rotatable bonds is 7. The number of pyridine rings is 1. The fraction of sp³-hybridized carbons (Fsp3) is 0.500. The van der Waals surface area contributed by atoms with E-state index in [1.54, 1.807) is 17.0 Å². The van der Waals surface area contributed by atoms with Crippen LogP contribution in [0, 0.1) is 17.6 Å². The first kappa shape index (κ1) is 24.3. The molecule has 2 fully saturated rings. The Hall–Kier alpha value is -2.88. The molecule has 10 heteroatoms. The van der Waals surface area contributed by atoms with Gasteiger partial charge in [0.1, 0.15) is 17.5 Å². The topological polar surface area (TPSA) is 66.5 Å². The Labute approximate surface area is 195 Å². The smallest absolute Gasteiger partial charge is 0.251 e. The van der Waals surface area contributed by atoms with Gasteiger partial charge in [-0.15, -0.1) is 0 Å². The van der Waals surface area contributed by atoms with Crippen molar-refractivity contribution in [3.63, 3.8) is 0 Å². The highest BCUT2D eigenvalue weighted by atomic mass is 19.3. The van der Waals surface area contributed by atoms with E-state index in [0.717, 1.165) is 44.3 Å². The molecule has 2 N–H and O–H groups in total. The lowest BCUT2D eigenvalue weighted by atomic mass is 10.0. The Morgan fingerprint density at radius 1 is 1.09 bits per heavy atom. The largest absolute Gasteiger partial charge is 0.381 e. The Bertz CT molecular complexity index is 984. The minimum Gasteiger partial charge on any atom is -0.381 e. The summed E-state index contributed by atoms with van der Waals surface area (Å²) in [5, 5.41) is 6.03. The lowest BCUT2D eigenvalue weighted by Crippen LogP contribution is -2.40. The standard InChI is InChI=1S/C24H28F4N4O2/c25-18-11-17(12-19(26)14-18)13-22(33)30-20-1-2-21(29-15-16-3-9-34-10-4-16)31-23(20)32-7-5-24(27,28)6-8-32/h1-2,11-12,14,16H,3-10,13,15H2,(H,29,31)(H,30,33). The molecule has 2 aliphatic heterocycles. The van der Waals surface area contributed by atoms with Gasteiger partial charge >= 0.3 is 0 Å². The summed E-state index contributed by atoms with van der Waals surface area (Å²) in [6.07, 6.45) is 1.07. The van der Waals surface area contributed by atoms with Crippen molar-refractivity contribution < 1.29 is 27.1 Å². The number of hydrogen-bond acceptors (Lipinski definition) is 5. The third-order valence-electron chi connectivity index (χ3n) is 6.14. The first-order valence-corrected chi connectivity index (χ1v) is 11.5. The first-order valence-electron chi connectivity index (χ1n) is 11.5. The molecular weight excluding hydrogens is 452 g/mol. The molecule has 0 bridgehead atoms. The van der Waals surface area contributed by atoms with Crippen molar-refractivity contribution in [1.82, 2.24) is 4.98 Å². The number of nitrogens with zero attached hydrogens (tertiary/aromatic N) is 2. The fourth-order valence-electron chi connectivity index (χ4n) is 4.22. The van der Waals surface area contributed by atoms with E-state index >= 15 is 0 Å². The third-order valence-corrected chi connectivity index (χ3v) is 6.14. The van der Waals surface area contributed by atoms with E-state index in [9.17, 15) is 22.4 Å². The molecular formula is C24H28F4N4O2. The molecule has 34 heavy (non-hydrogen) atoms. The maximum absolute atomic E-state index is 13.7. The van der Waals surface area contributed by atoms with E-state index in [2.05, 4.69) is 15.6 Å². The van der Waals surface area contributed by atoms with Crippen molar-refractivity contribution >= 4 is 23.2 Å². The van der Waals surface area contributed by atoms with Crippen LogP contribution >= 0.6 is 0 Å². The van der Waals surface area contributed by atoms with Gasteiger partial charge < -0.3 is 20.3 Å². The summed E-state index contributed by atoms with van der Waals surface area (Å²) in [4.78, 5) is 19.0. The summed E-state index contributed by atoms with van der Waals surface area (Å²) in [6, 6.07) is 6.32. The number of piperidine rings is 1. The van der Waals surface area contributed by atoms with E-state index in [1.807, 2.05) is 0 Å². The highest BCUT2D eigenvalue weighted by Crippen LogP contribution is 2.34. The van der Waals surface area contributed by atoms with Gasteiger partial charge in [0.25, 0.3) is 5.92 Å². The molecule has 2 aromatic rings. The summed E-state index contributed by atoms with van der Waals surface area (Å²) in [5.41, 5.74) is 0.556. The molecule has 184 valence electrons. The number of halogens is 4. The molecule has 1 amide bonds. The molecule has 0 unspecified atom stereocenters. The van der Waals surface area contributed by atoms with Crippen LogP contribution in [0.15, 0.2) is 30.3 Å². The van der Waals surface area contributed by atoms with E-state index in [0.29, 0.717) is 29.8 Å². The van der Waals surface area contributed by atoms with E-state index < -0.39 is 23.5 Å². The number of anilines is 3. The molecule has 1 aromatic carbocycles. The summed E-state index contributed by atoms with van der Waals surface area (Å²) >= 11 is 0. The third kappa shape index (κ3) is 6.59. The lowest BCUT2D eigenvalue weighted by Gasteiger charge is -2.33. The zero-order valence-corrected chi connectivity index (χ0v) is 18.8. The second-order valence-electron chi connectivity index (χ2n) is 8.85. The quantitative estimate of drug-likeness (QED) is 0.567. The van der Waals surface area contributed by atoms with E-state index in [-0.39, 0.29) is 37.9 Å². The van der Waals surface area contributed by atoms with Gasteiger partial charge in [0, 0.05) is 51.8 Å². The van der Waals surface area contributed by atoms with Gasteiger partial charge in [-0.1, -0.05) is 0 Å². The van der Waals surface area contributed by atoms with Gasteiger partial charge in [-0.3, -0.25) is 4.79 Å². The molecule has 3 heterocycles. The Kier molecular flexibility index (Phi) is 7.55. The van der Waals surface area contributed by atoms with Crippen molar-refractivity contribution in [3.8, 4) is 0 Å². The van der Waals surface area contributed by atoms with Crippen LogP contribution in [0.1, 0.15) is 31.2 Å². The Morgan fingerprint density at radius 3 is 2.44 bits per heavy atom. The zero-order valence-electron chi connectivity index (χ0n) is 18.8. The average Bonchev–Trinajstić information content (AvgIpc) is 2.78. The van der Waals surface area contributed by atoms with Crippen molar-refractivity contribution in [2.24, 2.45) is 5.92 Å². The van der Waals surface area contributed by atoms with Crippen LogP contribution in [0.3, 0.4) is 0 Å². The number of amides is 1. The number of carbonyl (C=O) groups is 1. The predicted molar refractivity (Wildman–Crippen MR) is 121 cm³/mol. The number of ether oxygens (including phenoxy) is 1. The number of benzene rings is 1. The highest BCUT2D eigenvalue weighted by Gasteiger charge is 2.35. The molecule has 6 nitrogen and oxygen atoms in total. The van der Waals surface area contributed by atoms with Crippen LogP contribution in [0.5, 0.6) is 0 Å². The molecule has 0 radical (unpaired) electrons. The van der Waals surface area contributed by atoms with Crippen LogP contribution in [-0.2, 0) is 16.0 Å². The van der Waals surface area contributed by atoms with Gasteiger partial charge in [0.05, 0.1) is 12.1 Å². The normalized spacial score (nSPS) is 18.5. The van der Waals surface area contributed by atoms with Gasteiger partial charge in [0.15, 0.2) is 5.82 Å². The monoisotopic (exact) mass is 480 g/mol. The van der Waals surface area contributed by atoms with Crippen molar-refractivity contribution in [2.45, 2.75) is 38.0 Å². The van der Waals surface area contributed by atoms with Crippen LogP contribution in [0.25, 0.3) is 0 Å². The Balaban J connectivity index is 1.49. The second-order valence-corrected chi connectivity index (χ2v) is 8.85. The van der Waals surface area contributed by atoms with Crippen LogP contribution < -0.4 is 15.5 Å². The van der Waals surface area contributed by atoms with Crippen molar-refractivity contribution in [2.75, 3.05) is 48.4 Å². The molecule has 4 rings (SSSR count).